The summed E-state index contributed by atoms with van der Waals surface area (Å²) in [6.07, 6.45) is 0.750. The maximum absolute atomic E-state index is 4.07. The number of hydrogen-bond donors (Lipinski definition) is 1. The van der Waals surface area contributed by atoms with Crippen molar-refractivity contribution in [3.05, 3.63) is 65.5 Å². The van der Waals surface area contributed by atoms with Gasteiger partial charge in [-0.15, -0.1) is 10.2 Å². The van der Waals surface area contributed by atoms with Crippen molar-refractivity contribution in [1.29, 1.82) is 0 Å². The van der Waals surface area contributed by atoms with Crippen LogP contribution in [0, 0.1) is 0 Å². The fourth-order valence-electron chi connectivity index (χ4n) is 3.49. The molecular formula is C18H19N5. The molecule has 0 fully saturated rings. The second-order valence-electron chi connectivity index (χ2n) is 6.39. The normalized spacial score (nSPS) is 15.1. The average Bonchev–Trinajstić information content (AvgIpc) is 3.09. The van der Waals surface area contributed by atoms with Crippen LogP contribution in [0.5, 0.6) is 0 Å². The Balaban J connectivity index is 1.80. The van der Waals surface area contributed by atoms with Crippen LogP contribution < -0.4 is 4.90 Å². The molecule has 1 N–H and O–H groups in total. The van der Waals surface area contributed by atoms with Crippen molar-refractivity contribution in [3.8, 4) is 0 Å². The zero-order chi connectivity index (χ0) is 15.9. The van der Waals surface area contributed by atoms with Crippen molar-refractivity contribution in [2.45, 2.75) is 25.7 Å². The maximum atomic E-state index is 4.07. The van der Waals surface area contributed by atoms with Gasteiger partial charge in [0.2, 0.25) is 0 Å². The van der Waals surface area contributed by atoms with E-state index in [1.165, 1.54) is 22.5 Å². The Kier molecular flexibility index (Phi) is 3.15. The van der Waals surface area contributed by atoms with Crippen molar-refractivity contribution in [2.75, 3.05) is 11.4 Å². The van der Waals surface area contributed by atoms with Crippen molar-refractivity contribution in [3.63, 3.8) is 0 Å². The van der Waals surface area contributed by atoms with E-state index in [2.05, 4.69) is 87.9 Å². The van der Waals surface area contributed by atoms with E-state index in [0.717, 1.165) is 18.8 Å². The fraction of sp³-hybridized carbons (Fsp3) is 0.278. The first-order valence-electron chi connectivity index (χ1n) is 7.87. The van der Waals surface area contributed by atoms with E-state index >= 15 is 0 Å². The molecule has 116 valence electrons. The van der Waals surface area contributed by atoms with Gasteiger partial charge in [-0.2, -0.15) is 5.21 Å². The number of H-pyrrole nitrogens is 1. The number of para-hydroxylation sites is 2. The van der Waals surface area contributed by atoms with E-state index < -0.39 is 0 Å². The largest absolute Gasteiger partial charge is 0.341 e. The van der Waals surface area contributed by atoms with Crippen LogP contribution in [0.2, 0.25) is 0 Å². The molecule has 0 saturated carbocycles. The molecule has 0 saturated heterocycles. The van der Waals surface area contributed by atoms with Gasteiger partial charge in [-0.25, -0.2) is 0 Å². The van der Waals surface area contributed by atoms with Gasteiger partial charge in [0, 0.05) is 29.8 Å². The molecule has 1 aliphatic heterocycles. The lowest BCUT2D eigenvalue weighted by Crippen LogP contribution is -2.34. The van der Waals surface area contributed by atoms with Gasteiger partial charge in [0.25, 0.3) is 0 Å². The van der Waals surface area contributed by atoms with E-state index in [-0.39, 0.29) is 5.41 Å². The van der Waals surface area contributed by atoms with Crippen LogP contribution in [0.1, 0.15) is 30.8 Å². The van der Waals surface area contributed by atoms with Crippen LogP contribution in [0.3, 0.4) is 0 Å². The Morgan fingerprint density at radius 3 is 2.13 bits per heavy atom. The molecular weight excluding hydrogens is 286 g/mol. The summed E-state index contributed by atoms with van der Waals surface area (Å²) < 4.78 is 0. The summed E-state index contributed by atoms with van der Waals surface area (Å²) in [4.78, 5) is 2.37. The molecule has 2 aromatic carbocycles. The summed E-state index contributed by atoms with van der Waals surface area (Å²) in [5.41, 5.74) is 5.23. The molecule has 0 unspecified atom stereocenters. The highest BCUT2D eigenvalue weighted by molar-refractivity contribution is 5.77. The number of nitrogens with one attached hydrogen (secondary N) is 1. The first kappa shape index (κ1) is 13.9. The Bertz CT molecular complexity index is 773. The third-order valence-electron chi connectivity index (χ3n) is 4.68. The van der Waals surface area contributed by atoms with Crippen LogP contribution in [-0.2, 0) is 11.8 Å². The molecule has 0 radical (unpaired) electrons. The molecule has 1 aromatic heterocycles. The predicted octanol–water partition coefficient (Wildman–Crippen LogP) is 3.22. The molecule has 0 aliphatic carbocycles. The number of anilines is 2. The number of benzene rings is 2. The van der Waals surface area contributed by atoms with Crippen molar-refractivity contribution in [2.24, 2.45) is 0 Å². The van der Waals surface area contributed by atoms with Crippen molar-refractivity contribution < 1.29 is 0 Å². The third kappa shape index (κ3) is 2.20. The summed E-state index contributed by atoms with van der Waals surface area (Å²) >= 11 is 0. The topological polar surface area (TPSA) is 57.7 Å². The summed E-state index contributed by atoms with van der Waals surface area (Å²) in [5, 5.41) is 14.3. The van der Waals surface area contributed by atoms with Gasteiger partial charge in [0.1, 0.15) is 0 Å². The minimum Gasteiger partial charge on any atom is -0.341 e. The highest BCUT2D eigenvalue weighted by Gasteiger charge is 2.35. The summed E-state index contributed by atoms with van der Waals surface area (Å²) in [7, 11) is 0. The van der Waals surface area contributed by atoms with Gasteiger partial charge >= 0.3 is 0 Å². The monoisotopic (exact) mass is 305 g/mol. The first-order chi connectivity index (χ1) is 11.2. The van der Waals surface area contributed by atoms with E-state index in [9.17, 15) is 0 Å². The number of hydrogen-bond acceptors (Lipinski definition) is 4. The highest BCUT2D eigenvalue weighted by atomic mass is 15.5. The van der Waals surface area contributed by atoms with E-state index in [1.807, 2.05) is 0 Å². The van der Waals surface area contributed by atoms with Crippen LogP contribution in [0.25, 0.3) is 0 Å². The molecule has 0 atom stereocenters. The Morgan fingerprint density at radius 1 is 0.957 bits per heavy atom. The third-order valence-corrected chi connectivity index (χ3v) is 4.68. The number of tetrazole rings is 1. The van der Waals surface area contributed by atoms with Crippen molar-refractivity contribution in [1.82, 2.24) is 20.6 Å². The second kappa shape index (κ2) is 5.19. The zero-order valence-corrected chi connectivity index (χ0v) is 13.3. The highest BCUT2D eigenvalue weighted by Crippen LogP contribution is 2.48. The maximum Gasteiger partial charge on any atom is 0.176 e. The summed E-state index contributed by atoms with van der Waals surface area (Å²) in [5.74, 6) is 0.741. The molecule has 0 amide bonds. The zero-order valence-electron chi connectivity index (χ0n) is 13.3. The molecule has 0 bridgehead atoms. The van der Waals surface area contributed by atoms with E-state index in [0.29, 0.717) is 0 Å². The van der Waals surface area contributed by atoms with E-state index in [1.54, 1.807) is 0 Å². The van der Waals surface area contributed by atoms with Gasteiger partial charge in [-0.1, -0.05) is 55.5 Å². The molecule has 23 heavy (non-hydrogen) atoms. The SMILES string of the molecule is CC1(C)c2ccccc2N(CCc2nn[nH]n2)c2ccccc21. The molecule has 4 rings (SSSR count). The predicted molar refractivity (Wildman–Crippen MR) is 89.9 cm³/mol. The van der Waals surface area contributed by atoms with Crippen LogP contribution in [-0.4, -0.2) is 27.2 Å². The minimum atomic E-state index is -0.00414. The average molecular weight is 305 g/mol. The minimum absolute atomic E-state index is 0.00414. The Hall–Kier alpha value is -2.69. The second-order valence-corrected chi connectivity index (χ2v) is 6.39. The van der Waals surface area contributed by atoms with Gasteiger partial charge in [-0.05, 0) is 23.3 Å². The molecule has 5 heteroatoms. The smallest absolute Gasteiger partial charge is 0.176 e. The lowest BCUT2D eigenvalue weighted by molar-refractivity contribution is 0.623. The summed E-state index contributed by atoms with van der Waals surface area (Å²) in [6.45, 7) is 5.41. The first-order valence-corrected chi connectivity index (χ1v) is 7.87. The number of aromatic amines is 1. The molecule has 3 aromatic rings. The van der Waals surface area contributed by atoms with Crippen LogP contribution in [0.4, 0.5) is 11.4 Å². The van der Waals surface area contributed by atoms with Crippen LogP contribution in [0.15, 0.2) is 48.5 Å². The van der Waals surface area contributed by atoms with Crippen LogP contribution >= 0.6 is 0 Å². The molecule has 1 aliphatic rings. The lowest BCUT2D eigenvalue weighted by atomic mass is 9.73. The molecule has 0 spiro atoms. The van der Waals surface area contributed by atoms with E-state index in [4.69, 9.17) is 0 Å². The lowest BCUT2D eigenvalue weighted by Gasteiger charge is -2.41. The number of fused-ring (bicyclic) bond motifs is 2. The summed E-state index contributed by atoms with van der Waals surface area (Å²) in [6, 6.07) is 17.3. The molecule has 5 nitrogen and oxygen atoms in total. The Labute approximate surface area is 135 Å². The van der Waals surface area contributed by atoms with Gasteiger partial charge in [0.15, 0.2) is 5.82 Å². The number of aromatic nitrogens is 4. The van der Waals surface area contributed by atoms with Gasteiger partial charge in [0.05, 0.1) is 0 Å². The van der Waals surface area contributed by atoms with Crippen molar-refractivity contribution >= 4 is 11.4 Å². The molecule has 2 heterocycles. The Morgan fingerprint density at radius 2 is 1.57 bits per heavy atom. The quantitative estimate of drug-likeness (QED) is 0.807. The van der Waals surface area contributed by atoms with Gasteiger partial charge in [-0.3, -0.25) is 0 Å². The number of rotatable bonds is 3. The standard InChI is InChI=1S/C18H19N5/c1-18(2)13-7-3-5-9-15(13)23(12-11-17-19-21-22-20-17)16-10-6-4-8-14(16)18/h3-10H,11-12H2,1-2H3,(H,19,20,21,22). The fourth-order valence-corrected chi connectivity index (χ4v) is 3.49. The van der Waals surface area contributed by atoms with Gasteiger partial charge < -0.3 is 4.90 Å². The number of nitrogens with zero attached hydrogens (tertiary/aromatic N) is 4.